The van der Waals surface area contributed by atoms with Crippen LogP contribution in [0.4, 0.5) is 5.69 Å². The first-order valence-corrected chi connectivity index (χ1v) is 15.2. The number of rotatable bonds is 24. The number of hydrogen-bond acceptors (Lipinski definition) is 12. The van der Waals surface area contributed by atoms with Crippen LogP contribution in [-0.2, 0) is 49.5 Å². The van der Waals surface area contributed by atoms with Crippen LogP contribution in [0.15, 0.2) is 36.4 Å². The number of carbonyl (C=O) groups is 8. The molecule has 1 aliphatic heterocycles. The van der Waals surface area contributed by atoms with Crippen LogP contribution in [0.3, 0.4) is 0 Å². The van der Waals surface area contributed by atoms with Crippen molar-refractivity contribution < 1.29 is 63.5 Å². The Balaban J connectivity index is 2.14. The van der Waals surface area contributed by atoms with Crippen molar-refractivity contribution in [3.8, 4) is 0 Å². The Kier molecular flexibility index (Phi) is 16.5. The van der Waals surface area contributed by atoms with Gasteiger partial charge in [-0.05, 0) is 37.0 Å². The second-order valence-electron chi connectivity index (χ2n) is 11.2. The first-order valence-electron chi connectivity index (χ1n) is 15.2. The number of unbranched alkanes of at least 4 members (excludes halogenated alkanes) is 1. The van der Waals surface area contributed by atoms with Crippen molar-refractivity contribution in [3.05, 3.63) is 42.0 Å². The summed E-state index contributed by atoms with van der Waals surface area (Å²) in [6.45, 7) is -2.86. The van der Waals surface area contributed by atoms with Gasteiger partial charge in [0.2, 0.25) is 5.91 Å². The topological polar surface area (TPSA) is 252 Å². The number of nitrogens with one attached hydrogen (secondary N) is 1. The molecule has 268 valence electrons. The number of carbonyl (C=O) groups excluding carboxylic acids is 4. The lowest BCUT2D eigenvalue weighted by atomic mass is 10.0. The molecule has 18 heteroatoms. The molecule has 1 aliphatic rings. The number of ether oxygens (including phenoxy) is 1. The summed E-state index contributed by atoms with van der Waals surface area (Å²) in [5, 5.41) is 40.6. The highest BCUT2D eigenvalue weighted by Gasteiger charge is 2.28. The molecule has 0 unspecified atom stereocenters. The lowest BCUT2D eigenvalue weighted by Gasteiger charge is -2.34. The Bertz CT molecular complexity index is 1360. The van der Waals surface area contributed by atoms with Gasteiger partial charge in [0, 0.05) is 56.5 Å². The average Bonchev–Trinajstić information content (AvgIpc) is 3.33. The average molecular weight is 692 g/mol. The molecule has 18 nitrogen and oxygen atoms in total. The minimum Gasteiger partial charge on any atom is -0.480 e. The maximum Gasteiger partial charge on any atom is 0.319 e. The summed E-state index contributed by atoms with van der Waals surface area (Å²) >= 11 is 0. The minimum absolute atomic E-state index is 0.0619. The Morgan fingerprint density at radius 3 is 1.82 bits per heavy atom. The first kappa shape index (κ1) is 40.0. The molecule has 0 fully saturated rings. The van der Waals surface area contributed by atoms with Crippen LogP contribution in [0.5, 0.6) is 0 Å². The van der Waals surface area contributed by atoms with Gasteiger partial charge in [-0.15, -0.1) is 0 Å². The van der Waals surface area contributed by atoms with Gasteiger partial charge >= 0.3 is 29.8 Å². The van der Waals surface area contributed by atoms with E-state index in [0.717, 1.165) is 12.0 Å². The van der Waals surface area contributed by atoms with Gasteiger partial charge in [-0.25, -0.2) is 0 Å². The van der Waals surface area contributed by atoms with Gasteiger partial charge in [0.15, 0.2) is 0 Å². The third-order valence-electron chi connectivity index (χ3n) is 7.34. The van der Waals surface area contributed by atoms with Crippen LogP contribution < -0.4 is 5.32 Å². The smallest absolute Gasteiger partial charge is 0.319 e. The van der Waals surface area contributed by atoms with Gasteiger partial charge in [-0.2, -0.15) is 0 Å². The van der Waals surface area contributed by atoms with E-state index >= 15 is 0 Å². The lowest BCUT2D eigenvalue weighted by Crippen LogP contribution is -2.51. The second-order valence-corrected chi connectivity index (χ2v) is 11.2. The molecule has 0 aliphatic carbocycles. The van der Waals surface area contributed by atoms with Crippen LogP contribution in [0.25, 0.3) is 0 Å². The Hall–Kier alpha value is -5.20. The maximum atomic E-state index is 12.4. The number of methoxy groups -OCH3 is 1. The van der Waals surface area contributed by atoms with Gasteiger partial charge < -0.3 is 30.5 Å². The molecule has 0 radical (unpaired) electrons. The summed E-state index contributed by atoms with van der Waals surface area (Å²) in [4.78, 5) is 98.8. The molecule has 49 heavy (non-hydrogen) atoms. The summed E-state index contributed by atoms with van der Waals surface area (Å²) in [5.74, 6) is -6.88. The molecule has 2 rings (SSSR count). The molecule has 3 amide bonds. The zero-order chi connectivity index (χ0) is 36.5. The number of nitrogens with zero attached hydrogens (tertiary/aromatic N) is 4. The van der Waals surface area contributed by atoms with E-state index in [-0.39, 0.29) is 51.5 Å². The number of benzene rings is 1. The first-order chi connectivity index (χ1) is 23.2. The monoisotopic (exact) mass is 691 g/mol. The van der Waals surface area contributed by atoms with E-state index < -0.39 is 73.9 Å². The number of anilines is 1. The SMILES string of the molecule is COC(=O)CN(CCN(CC(=O)O)C[C@@H](Cc1ccc(NC(=O)CCCCN2C(=O)C=CC2=O)cc1)N(CC(=O)O)CC(=O)O)CC(=O)O. The third kappa shape index (κ3) is 15.5. The fourth-order valence-corrected chi connectivity index (χ4v) is 5.06. The maximum absolute atomic E-state index is 12.4. The standard InChI is InChI=1S/C31H41N5O13/c1-49-31(48)20-34(17-28(42)43)13-12-33(16-27(40)41)15-23(35(18-29(44)45)19-30(46)47)14-21-5-7-22(8-6-21)32-24(37)4-2-3-11-36-25(38)9-10-26(36)39/h5-10,23H,2-4,11-20H2,1H3,(H,32,37)(H,40,41)(H,42,43)(H,44,45)(H,46,47)/t23-/m1/s1. The van der Waals surface area contributed by atoms with Crippen molar-refractivity contribution in [1.82, 2.24) is 19.6 Å². The highest BCUT2D eigenvalue weighted by atomic mass is 16.5. The summed E-state index contributed by atoms with van der Waals surface area (Å²) in [5.41, 5.74) is 1.06. The fraction of sp³-hybridized carbons (Fsp3) is 0.484. The lowest BCUT2D eigenvalue weighted by molar-refractivity contribution is -0.145. The molecular weight excluding hydrogens is 650 g/mol. The molecule has 0 saturated heterocycles. The number of amides is 3. The molecule has 0 saturated carbocycles. The van der Waals surface area contributed by atoms with E-state index in [1.165, 1.54) is 26.9 Å². The van der Waals surface area contributed by atoms with Crippen molar-refractivity contribution in [2.24, 2.45) is 0 Å². The molecule has 1 aromatic rings. The molecule has 0 aromatic heterocycles. The third-order valence-corrected chi connectivity index (χ3v) is 7.34. The minimum atomic E-state index is -1.31. The number of hydrogen-bond donors (Lipinski definition) is 5. The van der Waals surface area contributed by atoms with E-state index in [4.69, 9.17) is 0 Å². The van der Waals surface area contributed by atoms with Crippen molar-refractivity contribution in [1.29, 1.82) is 0 Å². The van der Waals surface area contributed by atoms with E-state index in [1.54, 1.807) is 24.3 Å². The Morgan fingerprint density at radius 2 is 1.29 bits per heavy atom. The van der Waals surface area contributed by atoms with Crippen molar-refractivity contribution in [3.63, 3.8) is 0 Å². The summed E-state index contributed by atoms with van der Waals surface area (Å²) in [6.07, 6.45) is 3.46. The second kappa shape index (κ2) is 20.2. The highest BCUT2D eigenvalue weighted by Crippen LogP contribution is 2.16. The molecule has 0 bridgehead atoms. The highest BCUT2D eigenvalue weighted by molar-refractivity contribution is 6.12. The van der Waals surface area contributed by atoms with Crippen molar-refractivity contribution in [2.45, 2.75) is 31.7 Å². The molecular formula is C31H41N5O13. The summed E-state index contributed by atoms with van der Waals surface area (Å²) in [6, 6.07) is 5.65. The predicted octanol–water partition coefficient (Wildman–Crippen LogP) is -0.951. The zero-order valence-electron chi connectivity index (χ0n) is 27.0. The number of carboxylic acids is 4. The van der Waals surface area contributed by atoms with Crippen LogP contribution in [0, 0.1) is 0 Å². The van der Waals surface area contributed by atoms with Crippen molar-refractivity contribution >= 4 is 53.3 Å². The largest absolute Gasteiger partial charge is 0.480 e. The van der Waals surface area contributed by atoms with Gasteiger partial charge in [-0.1, -0.05) is 12.1 Å². The molecule has 0 spiro atoms. The van der Waals surface area contributed by atoms with Crippen LogP contribution in [-0.4, -0.2) is 160 Å². The number of esters is 1. The van der Waals surface area contributed by atoms with Crippen LogP contribution in [0.1, 0.15) is 24.8 Å². The van der Waals surface area contributed by atoms with E-state index in [2.05, 4.69) is 10.1 Å². The zero-order valence-corrected chi connectivity index (χ0v) is 27.0. The summed E-state index contributed by atoms with van der Waals surface area (Å²) < 4.78 is 4.60. The normalized spacial score (nSPS) is 13.3. The molecule has 5 N–H and O–H groups in total. The quantitative estimate of drug-likeness (QED) is 0.0498. The molecule has 1 heterocycles. The van der Waals surface area contributed by atoms with Gasteiger partial charge in [0.25, 0.3) is 11.8 Å². The predicted molar refractivity (Wildman–Crippen MR) is 169 cm³/mol. The van der Waals surface area contributed by atoms with Gasteiger partial charge in [0.05, 0.1) is 39.8 Å². The van der Waals surface area contributed by atoms with Crippen molar-refractivity contribution in [2.75, 3.05) is 71.3 Å². The Labute approximate surface area is 281 Å². The number of imide groups is 1. The van der Waals surface area contributed by atoms with Crippen LogP contribution >= 0.6 is 0 Å². The van der Waals surface area contributed by atoms with Crippen LogP contribution in [0.2, 0.25) is 0 Å². The fourth-order valence-electron chi connectivity index (χ4n) is 5.06. The molecule has 1 atom stereocenters. The van der Waals surface area contributed by atoms with E-state index in [9.17, 15) is 58.8 Å². The van der Waals surface area contributed by atoms with Gasteiger partial charge in [0.1, 0.15) is 0 Å². The van der Waals surface area contributed by atoms with Gasteiger partial charge in [-0.3, -0.25) is 58.0 Å². The van der Waals surface area contributed by atoms with E-state index in [1.807, 2.05) is 0 Å². The van der Waals surface area contributed by atoms with E-state index in [0.29, 0.717) is 24.1 Å². The number of aliphatic carboxylic acids is 4. The Morgan fingerprint density at radius 1 is 0.755 bits per heavy atom. The molecule has 1 aromatic carbocycles. The number of carboxylic acid groups (broad SMARTS) is 4. The summed E-state index contributed by atoms with van der Waals surface area (Å²) in [7, 11) is 1.13.